The Labute approximate surface area is 129 Å². The Hall–Kier alpha value is -0.600. The number of alkyl halides is 3. The largest absolute Gasteiger partial charge is 0.544 e. The van der Waals surface area contributed by atoms with E-state index >= 15 is 0 Å². The molecule has 2 rings (SSSR count). The van der Waals surface area contributed by atoms with Crippen LogP contribution in [0.4, 0.5) is 13.2 Å². The molecule has 0 aromatic heterocycles. The van der Waals surface area contributed by atoms with E-state index in [1.165, 1.54) is 23.9 Å². The maximum absolute atomic E-state index is 12.6. The number of halogens is 3. The quantitative estimate of drug-likeness (QED) is 0.753. The highest BCUT2D eigenvalue weighted by Crippen LogP contribution is 2.48. The summed E-state index contributed by atoms with van der Waals surface area (Å²) >= 11 is 2.86. The van der Waals surface area contributed by atoms with E-state index in [1.807, 2.05) is 13.8 Å². The van der Waals surface area contributed by atoms with Crippen molar-refractivity contribution in [3.05, 3.63) is 22.8 Å². The van der Waals surface area contributed by atoms with Gasteiger partial charge in [0.25, 0.3) is 0 Å². The van der Waals surface area contributed by atoms with E-state index in [9.17, 15) is 18.0 Å². The van der Waals surface area contributed by atoms with Crippen LogP contribution in [0.1, 0.15) is 26.7 Å². The van der Waals surface area contributed by atoms with E-state index in [0.29, 0.717) is 10.6 Å². The Kier molecular flexibility index (Phi) is 5.32. The molecule has 0 aromatic rings. The van der Waals surface area contributed by atoms with Crippen molar-refractivity contribution in [2.75, 3.05) is 5.75 Å². The van der Waals surface area contributed by atoms with E-state index in [1.54, 1.807) is 11.8 Å². The van der Waals surface area contributed by atoms with Crippen molar-refractivity contribution < 1.29 is 22.8 Å². The molecule has 0 amide bonds. The van der Waals surface area contributed by atoms with E-state index in [-0.39, 0.29) is 17.5 Å². The molecule has 0 bridgehead atoms. The van der Waals surface area contributed by atoms with Crippen molar-refractivity contribution in [2.24, 2.45) is 0 Å². The van der Waals surface area contributed by atoms with Crippen LogP contribution in [-0.4, -0.2) is 33.6 Å². The second-order valence-electron chi connectivity index (χ2n) is 4.72. The summed E-state index contributed by atoms with van der Waals surface area (Å²) in [5.41, 5.74) is 0.353. The summed E-state index contributed by atoms with van der Waals surface area (Å²) in [5.74, 6) is 0.775. The van der Waals surface area contributed by atoms with Crippen molar-refractivity contribution in [3.63, 3.8) is 0 Å². The van der Waals surface area contributed by atoms with Crippen molar-refractivity contribution in [3.8, 4) is 0 Å². The van der Waals surface area contributed by atoms with Crippen LogP contribution >= 0.6 is 23.5 Å². The van der Waals surface area contributed by atoms with Crippen LogP contribution < -0.4 is 0 Å². The van der Waals surface area contributed by atoms with Gasteiger partial charge in [-0.15, -0.1) is 13.2 Å². The highest BCUT2D eigenvalue weighted by molar-refractivity contribution is 8.06. The normalized spacial score (nSPS) is 23.8. The summed E-state index contributed by atoms with van der Waals surface area (Å²) in [6.45, 7) is 3.90. The molecular formula is C13H16F3NO2S2. The monoisotopic (exact) mass is 339 g/mol. The number of allylic oxidation sites excluding steroid dienone is 2. The Morgan fingerprint density at radius 2 is 2.29 bits per heavy atom. The third kappa shape index (κ3) is 4.20. The van der Waals surface area contributed by atoms with E-state index in [4.69, 9.17) is 0 Å². The highest BCUT2D eigenvalue weighted by atomic mass is 32.2. The number of carbonyl (C=O) groups is 1. The van der Waals surface area contributed by atoms with Crippen LogP contribution in [0.5, 0.6) is 0 Å². The summed E-state index contributed by atoms with van der Waals surface area (Å²) in [7, 11) is 0. The first-order chi connectivity index (χ1) is 9.81. The van der Waals surface area contributed by atoms with E-state index < -0.39 is 11.7 Å². The zero-order valence-corrected chi connectivity index (χ0v) is 13.3. The van der Waals surface area contributed by atoms with Gasteiger partial charge >= 0.3 is 6.36 Å². The lowest BCUT2D eigenvalue weighted by molar-refractivity contribution is -0.406. The number of hydrogen-bond acceptors (Lipinski definition) is 5. The molecule has 0 spiro atoms. The maximum Gasteiger partial charge on any atom is 0.544 e. The number of carbonyl (C=O) groups excluding carboxylic acids is 1. The minimum absolute atomic E-state index is 0.0557. The fourth-order valence-corrected chi connectivity index (χ4v) is 4.55. The average molecular weight is 339 g/mol. The molecule has 1 aliphatic heterocycles. The molecule has 0 N–H and O–H groups in total. The predicted molar refractivity (Wildman–Crippen MR) is 78.4 cm³/mol. The van der Waals surface area contributed by atoms with Gasteiger partial charge in [0.05, 0.1) is 5.70 Å². The van der Waals surface area contributed by atoms with Crippen LogP contribution in [0, 0.1) is 0 Å². The molecular weight excluding hydrogens is 323 g/mol. The number of hydrogen-bond donors (Lipinski definition) is 0. The Bertz CT molecular complexity index is 477. The molecule has 1 saturated heterocycles. The second-order valence-corrected chi connectivity index (χ2v) is 7.36. The first kappa shape index (κ1) is 16.8. The van der Waals surface area contributed by atoms with Crippen molar-refractivity contribution in [1.82, 2.24) is 5.06 Å². The van der Waals surface area contributed by atoms with Crippen LogP contribution in [0.25, 0.3) is 0 Å². The third-order valence-corrected chi connectivity index (χ3v) is 5.97. The van der Waals surface area contributed by atoms with Gasteiger partial charge < -0.3 is 0 Å². The lowest BCUT2D eigenvalue weighted by atomic mass is 10.1. The number of rotatable bonds is 5. The lowest BCUT2D eigenvalue weighted by Gasteiger charge is -2.29. The molecule has 3 nitrogen and oxygen atoms in total. The number of hydroxylamine groups is 2. The van der Waals surface area contributed by atoms with Crippen LogP contribution in [-0.2, 0) is 9.63 Å². The summed E-state index contributed by atoms with van der Waals surface area (Å²) in [4.78, 5) is 16.2. The van der Waals surface area contributed by atoms with Crippen LogP contribution in [0.2, 0.25) is 0 Å². The number of fused-ring (bicyclic) bond motifs is 1. The van der Waals surface area contributed by atoms with Crippen LogP contribution in [0.15, 0.2) is 22.8 Å². The van der Waals surface area contributed by atoms with Gasteiger partial charge in [0, 0.05) is 16.6 Å². The molecule has 1 fully saturated rings. The summed E-state index contributed by atoms with van der Waals surface area (Å²) < 4.78 is 37.9. The topological polar surface area (TPSA) is 29.5 Å². The van der Waals surface area contributed by atoms with Gasteiger partial charge in [0.2, 0.25) is 0 Å². The third-order valence-electron chi connectivity index (χ3n) is 2.95. The zero-order valence-electron chi connectivity index (χ0n) is 11.6. The van der Waals surface area contributed by atoms with Gasteiger partial charge in [0.1, 0.15) is 5.37 Å². The molecule has 1 aliphatic carbocycles. The van der Waals surface area contributed by atoms with Gasteiger partial charge in [-0.05, 0) is 24.3 Å². The van der Waals surface area contributed by atoms with Crippen molar-refractivity contribution in [1.29, 1.82) is 0 Å². The Morgan fingerprint density at radius 1 is 1.57 bits per heavy atom. The summed E-state index contributed by atoms with van der Waals surface area (Å²) in [6.07, 6.45) is -0.764. The highest BCUT2D eigenvalue weighted by Gasteiger charge is 2.45. The first-order valence-electron chi connectivity index (χ1n) is 6.60. The standard InChI is InChI=1S/C13H16F3NO2S2/c1-3-6-20-8(2)12-17(19-13(14,15)16)10-5-4-9(18)7-11(10)21-12/h5,7-8,12H,3-4,6H2,1-2H3. The Morgan fingerprint density at radius 3 is 2.90 bits per heavy atom. The van der Waals surface area contributed by atoms with Crippen molar-refractivity contribution >= 4 is 29.3 Å². The van der Waals surface area contributed by atoms with E-state index in [2.05, 4.69) is 4.84 Å². The fraction of sp³-hybridized carbons (Fsp3) is 0.615. The average Bonchev–Trinajstić information content (AvgIpc) is 2.72. The van der Waals surface area contributed by atoms with Crippen LogP contribution in [0.3, 0.4) is 0 Å². The number of ketones is 1. The second kappa shape index (κ2) is 6.66. The molecule has 0 aromatic carbocycles. The molecule has 2 aliphatic rings. The summed E-state index contributed by atoms with van der Waals surface area (Å²) in [6, 6.07) is 0. The minimum Gasteiger partial charge on any atom is -0.294 e. The molecule has 2 atom stereocenters. The lowest BCUT2D eigenvalue weighted by Crippen LogP contribution is -2.38. The molecule has 21 heavy (non-hydrogen) atoms. The van der Waals surface area contributed by atoms with Gasteiger partial charge in [-0.3, -0.25) is 4.79 Å². The fourth-order valence-electron chi connectivity index (χ4n) is 2.07. The number of thioether (sulfide) groups is 2. The van der Waals surface area contributed by atoms with Gasteiger partial charge in [-0.2, -0.15) is 16.6 Å². The predicted octanol–water partition coefficient (Wildman–Crippen LogP) is 4.09. The first-order valence-corrected chi connectivity index (χ1v) is 8.53. The Balaban J connectivity index is 2.21. The van der Waals surface area contributed by atoms with Crippen molar-refractivity contribution in [2.45, 2.75) is 43.7 Å². The molecule has 2 unspecified atom stereocenters. The maximum atomic E-state index is 12.6. The smallest absolute Gasteiger partial charge is 0.294 e. The molecule has 0 saturated carbocycles. The van der Waals surface area contributed by atoms with Gasteiger partial charge in [0.15, 0.2) is 5.78 Å². The molecule has 118 valence electrons. The summed E-state index contributed by atoms with van der Waals surface area (Å²) in [5, 5.41) is 0.363. The number of nitrogens with zero attached hydrogens (tertiary/aromatic N) is 1. The molecule has 1 heterocycles. The molecule has 0 radical (unpaired) electrons. The SMILES string of the molecule is CCCSC(C)C1SC2=CC(=O)CC=C2N1OC(F)(F)F. The minimum atomic E-state index is -4.74. The van der Waals surface area contributed by atoms with Gasteiger partial charge in [-0.1, -0.05) is 25.6 Å². The molecule has 8 heteroatoms. The van der Waals surface area contributed by atoms with E-state index in [0.717, 1.165) is 17.2 Å². The van der Waals surface area contributed by atoms with Gasteiger partial charge in [-0.25, -0.2) is 5.06 Å². The zero-order chi connectivity index (χ0) is 15.6.